The Morgan fingerprint density at radius 2 is 2.31 bits per heavy atom. The normalized spacial score (nSPS) is 31.2. The summed E-state index contributed by atoms with van der Waals surface area (Å²) in [6.45, 7) is 0. The molecule has 0 aromatic carbocycles. The molecule has 0 bridgehead atoms. The smallest absolute Gasteiger partial charge is 0.237 e. The van der Waals surface area contributed by atoms with Gasteiger partial charge in [0.15, 0.2) is 0 Å². The third-order valence-corrected chi connectivity index (χ3v) is 4.08. The summed E-state index contributed by atoms with van der Waals surface area (Å²) in [6, 6.07) is 0.508. The van der Waals surface area contributed by atoms with Crippen LogP contribution in [0.3, 0.4) is 0 Å². The number of carbonyl (C=O) groups is 1. The SMILES string of the molecule is NC(=O)C1(N[C@@H]2CCCSC2)CC1. The van der Waals surface area contributed by atoms with Gasteiger partial charge in [-0.15, -0.1) is 0 Å². The molecule has 1 atom stereocenters. The van der Waals surface area contributed by atoms with Crippen LogP contribution in [0, 0.1) is 0 Å². The fourth-order valence-corrected chi connectivity index (χ4v) is 2.90. The summed E-state index contributed by atoms with van der Waals surface area (Å²) >= 11 is 1.97. The summed E-state index contributed by atoms with van der Waals surface area (Å²) in [7, 11) is 0. The van der Waals surface area contributed by atoms with Crippen molar-refractivity contribution < 1.29 is 4.79 Å². The molecule has 1 heterocycles. The van der Waals surface area contributed by atoms with Crippen LogP contribution < -0.4 is 11.1 Å². The van der Waals surface area contributed by atoms with Gasteiger partial charge in [-0.2, -0.15) is 11.8 Å². The van der Waals surface area contributed by atoms with E-state index in [1.54, 1.807) is 0 Å². The van der Waals surface area contributed by atoms with E-state index in [-0.39, 0.29) is 11.4 Å². The number of hydrogen-bond acceptors (Lipinski definition) is 3. The average Bonchev–Trinajstić information content (AvgIpc) is 2.87. The van der Waals surface area contributed by atoms with E-state index in [1.165, 1.54) is 18.6 Å². The van der Waals surface area contributed by atoms with E-state index < -0.39 is 0 Å². The number of hydrogen-bond donors (Lipinski definition) is 2. The second-order valence-electron chi connectivity index (χ2n) is 4.00. The van der Waals surface area contributed by atoms with Crippen molar-refractivity contribution in [2.75, 3.05) is 11.5 Å². The van der Waals surface area contributed by atoms with Crippen LogP contribution in [0.15, 0.2) is 0 Å². The molecule has 3 N–H and O–H groups in total. The molecule has 3 nitrogen and oxygen atoms in total. The first kappa shape index (κ1) is 9.34. The van der Waals surface area contributed by atoms with Crippen LogP contribution in [0.5, 0.6) is 0 Å². The van der Waals surface area contributed by atoms with Crippen LogP contribution in [-0.4, -0.2) is 29.0 Å². The van der Waals surface area contributed by atoms with E-state index >= 15 is 0 Å². The number of amides is 1. The summed E-state index contributed by atoms with van der Waals surface area (Å²) in [5.74, 6) is 2.24. The Morgan fingerprint density at radius 3 is 2.77 bits per heavy atom. The highest BCUT2D eigenvalue weighted by Gasteiger charge is 2.49. The molecule has 74 valence electrons. The highest BCUT2D eigenvalue weighted by molar-refractivity contribution is 7.99. The molecule has 1 aliphatic heterocycles. The van der Waals surface area contributed by atoms with Crippen LogP contribution in [-0.2, 0) is 4.79 Å². The monoisotopic (exact) mass is 200 g/mol. The minimum atomic E-state index is -0.317. The number of nitrogens with two attached hydrogens (primary N) is 1. The molecule has 2 aliphatic rings. The molecular formula is C9H16N2OS. The van der Waals surface area contributed by atoms with Crippen molar-refractivity contribution in [3.63, 3.8) is 0 Å². The summed E-state index contributed by atoms with van der Waals surface area (Å²) < 4.78 is 0. The molecule has 1 saturated heterocycles. The van der Waals surface area contributed by atoms with Crippen LogP contribution in [0.4, 0.5) is 0 Å². The van der Waals surface area contributed by atoms with Gasteiger partial charge in [-0.05, 0) is 31.4 Å². The average molecular weight is 200 g/mol. The number of primary amides is 1. The highest BCUT2D eigenvalue weighted by Crippen LogP contribution is 2.36. The second-order valence-corrected chi connectivity index (χ2v) is 5.15. The van der Waals surface area contributed by atoms with Gasteiger partial charge in [-0.25, -0.2) is 0 Å². The first-order valence-corrected chi connectivity index (χ1v) is 6.04. The van der Waals surface area contributed by atoms with Gasteiger partial charge in [0.05, 0.1) is 5.54 Å². The third kappa shape index (κ3) is 1.99. The Morgan fingerprint density at radius 1 is 1.54 bits per heavy atom. The molecular weight excluding hydrogens is 184 g/mol. The van der Waals surface area contributed by atoms with Crippen LogP contribution in [0.2, 0.25) is 0 Å². The lowest BCUT2D eigenvalue weighted by atomic mass is 10.1. The maximum Gasteiger partial charge on any atom is 0.237 e. The van der Waals surface area contributed by atoms with Crippen LogP contribution in [0.1, 0.15) is 25.7 Å². The molecule has 0 radical (unpaired) electrons. The summed E-state index contributed by atoms with van der Waals surface area (Å²) in [5.41, 5.74) is 5.02. The first-order valence-electron chi connectivity index (χ1n) is 4.88. The summed E-state index contributed by atoms with van der Waals surface area (Å²) in [6.07, 6.45) is 4.33. The number of rotatable bonds is 3. The number of nitrogens with one attached hydrogen (secondary N) is 1. The Balaban J connectivity index is 1.86. The van der Waals surface area contributed by atoms with Crippen molar-refractivity contribution in [2.45, 2.75) is 37.3 Å². The Hall–Kier alpha value is -0.220. The predicted molar refractivity (Wildman–Crippen MR) is 54.6 cm³/mol. The third-order valence-electron chi connectivity index (χ3n) is 2.86. The predicted octanol–water partition coefficient (Wildman–Crippen LogP) is 0.489. The van der Waals surface area contributed by atoms with Crippen molar-refractivity contribution in [3.05, 3.63) is 0 Å². The zero-order valence-electron chi connectivity index (χ0n) is 7.71. The molecule has 2 fully saturated rings. The van der Waals surface area contributed by atoms with Crippen molar-refractivity contribution in [1.82, 2.24) is 5.32 Å². The molecule has 0 spiro atoms. The molecule has 0 aromatic rings. The summed E-state index contributed by atoms with van der Waals surface area (Å²) in [5, 5.41) is 3.41. The van der Waals surface area contributed by atoms with E-state index in [9.17, 15) is 4.79 Å². The molecule has 0 aromatic heterocycles. The summed E-state index contributed by atoms with van der Waals surface area (Å²) in [4.78, 5) is 11.1. The second kappa shape index (κ2) is 3.50. The standard InChI is InChI=1S/C9H16N2OS/c10-8(12)9(3-4-9)11-7-2-1-5-13-6-7/h7,11H,1-6H2,(H2,10,12)/t7-/m1/s1. The Bertz CT molecular complexity index is 210. The van der Waals surface area contributed by atoms with E-state index in [1.807, 2.05) is 11.8 Å². The van der Waals surface area contributed by atoms with Crippen LogP contribution in [0.25, 0.3) is 0 Å². The van der Waals surface area contributed by atoms with Crippen LogP contribution >= 0.6 is 11.8 Å². The minimum Gasteiger partial charge on any atom is -0.368 e. The topological polar surface area (TPSA) is 55.1 Å². The van der Waals surface area contributed by atoms with Gasteiger partial charge in [-0.1, -0.05) is 0 Å². The van der Waals surface area contributed by atoms with Gasteiger partial charge in [0.25, 0.3) is 0 Å². The van der Waals surface area contributed by atoms with Crippen molar-refractivity contribution >= 4 is 17.7 Å². The van der Waals surface area contributed by atoms with Gasteiger partial charge in [-0.3, -0.25) is 10.1 Å². The largest absolute Gasteiger partial charge is 0.368 e. The fourth-order valence-electron chi connectivity index (χ4n) is 1.83. The molecule has 1 aliphatic carbocycles. The van der Waals surface area contributed by atoms with Gasteiger partial charge < -0.3 is 5.73 Å². The van der Waals surface area contributed by atoms with Gasteiger partial charge >= 0.3 is 0 Å². The van der Waals surface area contributed by atoms with Crippen molar-refractivity contribution in [3.8, 4) is 0 Å². The highest BCUT2D eigenvalue weighted by atomic mass is 32.2. The lowest BCUT2D eigenvalue weighted by molar-refractivity contribution is -0.121. The van der Waals surface area contributed by atoms with E-state index in [0.717, 1.165) is 18.6 Å². The molecule has 0 unspecified atom stereocenters. The lowest BCUT2D eigenvalue weighted by Gasteiger charge is -2.26. The zero-order chi connectivity index (χ0) is 9.31. The maximum absolute atomic E-state index is 11.1. The quantitative estimate of drug-likeness (QED) is 0.697. The minimum absolute atomic E-state index is 0.164. The molecule has 4 heteroatoms. The zero-order valence-corrected chi connectivity index (χ0v) is 8.53. The molecule has 13 heavy (non-hydrogen) atoms. The van der Waals surface area contributed by atoms with Crippen molar-refractivity contribution in [2.24, 2.45) is 5.73 Å². The van der Waals surface area contributed by atoms with E-state index in [2.05, 4.69) is 5.32 Å². The van der Waals surface area contributed by atoms with Gasteiger partial charge in [0, 0.05) is 11.8 Å². The van der Waals surface area contributed by atoms with Crippen molar-refractivity contribution in [1.29, 1.82) is 0 Å². The van der Waals surface area contributed by atoms with Gasteiger partial charge in [0.2, 0.25) is 5.91 Å². The first-order chi connectivity index (χ1) is 6.23. The molecule has 1 amide bonds. The molecule has 2 rings (SSSR count). The van der Waals surface area contributed by atoms with Gasteiger partial charge in [0.1, 0.15) is 0 Å². The Kier molecular flexibility index (Phi) is 2.51. The number of carbonyl (C=O) groups excluding carboxylic acids is 1. The number of thioether (sulfide) groups is 1. The Labute approximate surface area is 82.8 Å². The fraction of sp³-hybridized carbons (Fsp3) is 0.889. The van der Waals surface area contributed by atoms with E-state index in [0.29, 0.717) is 6.04 Å². The lowest BCUT2D eigenvalue weighted by Crippen LogP contribution is -2.50. The van der Waals surface area contributed by atoms with E-state index in [4.69, 9.17) is 5.73 Å². The molecule has 1 saturated carbocycles. The maximum atomic E-state index is 11.1.